The third kappa shape index (κ3) is 7.78. The Bertz CT molecular complexity index is 836. The molecule has 29 heavy (non-hydrogen) atoms. The van der Waals surface area contributed by atoms with Crippen LogP contribution in [0.1, 0.15) is 49.0 Å². The van der Waals surface area contributed by atoms with E-state index in [1.54, 1.807) is 12.1 Å². The molecule has 2 atom stereocenters. The lowest BCUT2D eigenvalue weighted by molar-refractivity contribution is -0.123. The molecule has 154 valence electrons. The molecule has 6 heteroatoms. The maximum atomic E-state index is 12.5. The van der Waals surface area contributed by atoms with Crippen molar-refractivity contribution in [1.29, 1.82) is 0 Å². The van der Waals surface area contributed by atoms with E-state index in [1.165, 1.54) is 12.1 Å². The smallest absolute Gasteiger partial charge is 0.335 e. The highest BCUT2D eigenvalue weighted by atomic mass is 16.4. The Hall–Kier alpha value is -3.15. The van der Waals surface area contributed by atoms with E-state index in [2.05, 4.69) is 10.6 Å². The number of anilines is 1. The molecule has 0 aliphatic rings. The summed E-state index contributed by atoms with van der Waals surface area (Å²) in [6.07, 6.45) is 1.97. The minimum atomic E-state index is -1.06. The summed E-state index contributed by atoms with van der Waals surface area (Å²) in [5, 5.41) is 14.8. The van der Waals surface area contributed by atoms with Crippen molar-refractivity contribution in [1.82, 2.24) is 5.32 Å². The molecule has 0 aromatic heterocycles. The Balaban J connectivity index is 2.05. The summed E-state index contributed by atoms with van der Waals surface area (Å²) < 4.78 is 0. The molecular weight excluding hydrogens is 368 g/mol. The first-order chi connectivity index (χ1) is 13.9. The topological polar surface area (TPSA) is 95.5 Å². The van der Waals surface area contributed by atoms with E-state index in [9.17, 15) is 14.4 Å². The summed E-state index contributed by atoms with van der Waals surface area (Å²) in [4.78, 5) is 36.0. The molecule has 0 heterocycles. The van der Waals surface area contributed by atoms with Gasteiger partial charge < -0.3 is 15.7 Å². The first-order valence-corrected chi connectivity index (χ1v) is 9.83. The van der Waals surface area contributed by atoms with Gasteiger partial charge in [-0.25, -0.2) is 4.79 Å². The van der Waals surface area contributed by atoms with Gasteiger partial charge in [0.15, 0.2) is 0 Å². The van der Waals surface area contributed by atoms with Crippen LogP contribution in [0.4, 0.5) is 5.69 Å². The zero-order valence-electron chi connectivity index (χ0n) is 16.9. The summed E-state index contributed by atoms with van der Waals surface area (Å²) in [6, 6.07) is 15.4. The fourth-order valence-electron chi connectivity index (χ4n) is 2.99. The summed E-state index contributed by atoms with van der Waals surface area (Å²) in [5.41, 5.74) is 1.55. The fraction of sp³-hybridized carbons (Fsp3) is 0.348. The molecule has 2 amide bonds. The number of rotatable bonds is 10. The SMILES string of the molecule is CCC(C)CC(=O)NC(CC(=O)Nc1cccc(C(=O)O)c1)Cc1ccccc1. The number of hydrogen-bond acceptors (Lipinski definition) is 3. The lowest BCUT2D eigenvalue weighted by atomic mass is 10.0. The first-order valence-electron chi connectivity index (χ1n) is 9.83. The predicted octanol–water partition coefficient (Wildman–Crippen LogP) is 3.88. The molecule has 2 aromatic rings. The van der Waals surface area contributed by atoms with Crippen molar-refractivity contribution in [3.8, 4) is 0 Å². The lowest BCUT2D eigenvalue weighted by Crippen LogP contribution is -2.39. The summed E-state index contributed by atoms with van der Waals surface area (Å²) in [6.45, 7) is 4.06. The van der Waals surface area contributed by atoms with Gasteiger partial charge in [0.2, 0.25) is 11.8 Å². The number of carbonyl (C=O) groups is 3. The number of benzene rings is 2. The molecule has 2 rings (SSSR count). The number of nitrogens with one attached hydrogen (secondary N) is 2. The zero-order chi connectivity index (χ0) is 21.2. The van der Waals surface area contributed by atoms with Crippen LogP contribution in [0.5, 0.6) is 0 Å². The van der Waals surface area contributed by atoms with Gasteiger partial charge in [0, 0.05) is 24.6 Å². The minimum Gasteiger partial charge on any atom is -0.478 e. The van der Waals surface area contributed by atoms with Gasteiger partial charge >= 0.3 is 5.97 Å². The second kappa shape index (κ2) is 11.0. The van der Waals surface area contributed by atoms with Gasteiger partial charge in [0.1, 0.15) is 0 Å². The molecule has 0 saturated carbocycles. The Morgan fingerprint density at radius 2 is 1.69 bits per heavy atom. The van der Waals surface area contributed by atoms with Crippen LogP contribution in [0.15, 0.2) is 54.6 Å². The maximum Gasteiger partial charge on any atom is 0.335 e. The van der Waals surface area contributed by atoms with Gasteiger partial charge in [0.05, 0.1) is 5.56 Å². The highest BCUT2D eigenvalue weighted by molar-refractivity contribution is 5.94. The highest BCUT2D eigenvalue weighted by Gasteiger charge is 2.18. The van der Waals surface area contributed by atoms with E-state index in [4.69, 9.17) is 5.11 Å². The van der Waals surface area contributed by atoms with Crippen molar-refractivity contribution in [2.75, 3.05) is 5.32 Å². The third-order valence-electron chi connectivity index (χ3n) is 4.75. The Morgan fingerprint density at radius 1 is 0.966 bits per heavy atom. The molecule has 0 radical (unpaired) electrons. The first kappa shape index (κ1) is 22.1. The van der Waals surface area contributed by atoms with Crippen LogP contribution < -0.4 is 10.6 Å². The number of carbonyl (C=O) groups excluding carboxylic acids is 2. The minimum absolute atomic E-state index is 0.0686. The summed E-state index contributed by atoms with van der Waals surface area (Å²) in [5.74, 6) is -1.13. The quantitative estimate of drug-likeness (QED) is 0.568. The Labute approximate surface area is 171 Å². The van der Waals surface area contributed by atoms with Gasteiger partial charge in [-0.15, -0.1) is 0 Å². The van der Waals surface area contributed by atoms with Crippen molar-refractivity contribution in [3.63, 3.8) is 0 Å². The molecule has 0 saturated heterocycles. The van der Waals surface area contributed by atoms with Crippen LogP contribution in [-0.2, 0) is 16.0 Å². The lowest BCUT2D eigenvalue weighted by Gasteiger charge is -2.20. The van der Waals surface area contributed by atoms with Crippen LogP contribution in [0.25, 0.3) is 0 Å². The molecule has 0 bridgehead atoms. The predicted molar refractivity (Wildman–Crippen MR) is 113 cm³/mol. The Kier molecular flexibility index (Phi) is 8.40. The largest absolute Gasteiger partial charge is 0.478 e. The van der Waals surface area contributed by atoms with E-state index in [1.807, 2.05) is 44.2 Å². The fourth-order valence-corrected chi connectivity index (χ4v) is 2.99. The van der Waals surface area contributed by atoms with Crippen molar-refractivity contribution < 1.29 is 19.5 Å². The van der Waals surface area contributed by atoms with E-state index < -0.39 is 5.97 Å². The molecule has 0 spiro atoms. The van der Waals surface area contributed by atoms with E-state index in [-0.39, 0.29) is 35.8 Å². The third-order valence-corrected chi connectivity index (χ3v) is 4.75. The van der Waals surface area contributed by atoms with Crippen LogP contribution in [-0.4, -0.2) is 28.9 Å². The Morgan fingerprint density at radius 3 is 2.34 bits per heavy atom. The zero-order valence-corrected chi connectivity index (χ0v) is 16.9. The monoisotopic (exact) mass is 396 g/mol. The molecule has 0 fully saturated rings. The van der Waals surface area contributed by atoms with E-state index >= 15 is 0 Å². The van der Waals surface area contributed by atoms with Gasteiger partial charge in [-0.2, -0.15) is 0 Å². The number of carboxylic acid groups (broad SMARTS) is 1. The number of amides is 2. The van der Waals surface area contributed by atoms with Gasteiger partial charge in [-0.3, -0.25) is 9.59 Å². The second-order valence-corrected chi connectivity index (χ2v) is 7.31. The average Bonchev–Trinajstić information content (AvgIpc) is 2.68. The van der Waals surface area contributed by atoms with Crippen LogP contribution in [0.2, 0.25) is 0 Å². The van der Waals surface area contributed by atoms with E-state index in [0.717, 1.165) is 12.0 Å². The van der Waals surface area contributed by atoms with Crippen molar-refractivity contribution in [3.05, 3.63) is 65.7 Å². The van der Waals surface area contributed by atoms with Crippen molar-refractivity contribution in [2.45, 2.75) is 45.6 Å². The van der Waals surface area contributed by atoms with Crippen molar-refractivity contribution >= 4 is 23.5 Å². The number of aromatic carboxylic acids is 1. The molecule has 2 unspecified atom stereocenters. The normalized spacial score (nSPS) is 12.6. The molecule has 0 aliphatic heterocycles. The molecule has 3 N–H and O–H groups in total. The summed E-state index contributed by atoms with van der Waals surface area (Å²) in [7, 11) is 0. The van der Waals surface area contributed by atoms with Gasteiger partial charge in [-0.05, 0) is 36.1 Å². The molecule has 2 aromatic carbocycles. The van der Waals surface area contributed by atoms with Gasteiger partial charge in [-0.1, -0.05) is 56.7 Å². The number of carboxylic acids is 1. The van der Waals surface area contributed by atoms with Crippen LogP contribution in [0.3, 0.4) is 0 Å². The second-order valence-electron chi connectivity index (χ2n) is 7.31. The average molecular weight is 396 g/mol. The molecule has 0 aliphatic carbocycles. The van der Waals surface area contributed by atoms with Gasteiger partial charge in [0.25, 0.3) is 0 Å². The molecular formula is C23H28N2O4. The standard InChI is InChI=1S/C23H28N2O4/c1-3-16(2)12-21(26)25-20(13-17-8-5-4-6-9-17)15-22(27)24-19-11-7-10-18(14-19)23(28)29/h4-11,14,16,20H,3,12-13,15H2,1-2H3,(H,24,27)(H,25,26)(H,28,29). The maximum absolute atomic E-state index is 12.5. The van der Waals surface area contributed by atoms with Crippen LogP contribution >= 0.6 is 0 Å². The van der Waals surface area contributed by atoms with Crippen molar-refractivity contribution in [2.24, 2.45) is 5.92 Å². The van der Waals surface area contributed by atoms with Crippen LogP contribution in [0, 0.1) is 5.92 Å². The highest BCUT2D eigenvalue weighted by Crippen LogP contribution is 2.13. The number of hydrogen-bond donors (Lipinski definition) is 3. The molecule has 6 nitrogen and oxygen atoms in total. The summed E-state index contributed by atoms with van der Waals surface area (Å²) >= 11 is 0. The van der Waals surface area contributed by atoms with E-state index in [0.29, 0.717) is 18.5 Å².